The van der Waals surface area contributed by atoms with Crippen LogP contribution in [0.1, 0.15) is 19.5 Å². The predicted molar refractivity (Wildman–Crippen MR) is 58.8 cm³/mol. The largest absolute Gasteiger partial charge is 0.399 e. The molecule has 0 unspecified atom stereocenters. The van der Waals surface area contributed by atoms with E-state index in [1.807, 2.05) is 39.0 Å². The number of nitrogens with two attached hydrogens (primary N) is 1. The molecule has 0 saturated heterocycles. The molecule has 0 aliphatic heterocycles. The van der Waals surface area contributed by atoms with Gasteiger partial charge in [-0.2, -0.15) is 0 Å². The molecule has 70 valence electrons. The number of nitrogen functional groups attached to an aromatic ring is 1. The van der Waals surface area contributed by atoms with E-state index in [0.29, 0.717) is 0 Å². The van der Waals surface area contributed by atoms with E-state index in [0.717, 1.165) is 11.2 Å². The smallest absolute Gasteiger partial charge is 0.0457 e. The molecule has 0 aliphatic carbocycles. The van der Waals surface area contributed by atoms with Gasteiger partial charge in [-0.05, 0) is 31.2 Å². The molecule has 0 fully saturated rings. The van der Waals surface area contributed by atoms with E-state index in [-0.39, 0.29) is 0 Å². The predicted octanol–water partition coefficient (Wildman–Crippen LogP) is 3.08. The maximum absolute atomic E-state index is 5.62. The average molecular weight is 176 g/mol. The molecule has 1 aromatic carbocycles. The molecule has 2 rings (SSSR count). The van der Waals surface area contributed by atoms with Gasteiger partial charge in [0, 0.05) is 22.3 Å². The van der Waals surface area contributed by atoms with E-state index in [9.17, 15) is 0 Å². The van der Waals surface area contributed by atoms with Crippen LogP contribution >= 0.6 is 0 Å². The van der Waals surface area contributed by atoms with Gasteiger partial charge < -0.3 is 10.7 Å². The third-order valence-corrected chi connectivity index (χ3v) is 1.78. The molecule has 0 bridgehead atoms. The highest BCUT2D eigenvalue weighted by Crippen LogP contribution is 2.17. The summed E-state index contributed by atoms with van der Waals surface area (Å²) in [7, 11) is 0. The summed E-state index contributed by atoms with van der Waals surface area (Å²) in [6, 6.07) is 7.96. The summed E-state index contributed by atoms with van der Waals surface area (Å²) in [6.07, 6.45) is 0. The van der Waals surface area contributed by atoms with Gasteiger partial charge >= 0.3 is 0 Å². The van der Waals surface area contributed by atoms with Crippen LogP contribution in [0.5, 0.6) is 0 Å². The molecule has 0 radical (unpaired) electrons. The monoisotopic (exact) mass is 176 g/mol. The van der Waals surface area contributed by atoms with Crippen molar-refractivity contribution >= 4 is 16.6 Å². The third kappa shape index (κ3) is 2.02. The minimum absolute atomic E-state index is 0.816. The molecule has 0 atom stereocenters. The highest BCUT2D eigenvalue weighted by atomic mass is 14.7. The van der Waals surface area contributed by atoms with Gasteiger partial charge in [-0.25, -0.2) is 0 Å². The number of aromatic nitrogens is 1. The number of anilines is 1. The van der Waals surface area contributed by atoms with E-state index in [1.54, 1.807) is 0 Å². The summed E-state index contributed by atoms with van der Waals surface area (Å²) < 4.78 is 0. The highest BCUT2D eigenvalue weighted by molar-refractivity contribution is 5.83. The van der Waals surface area contributed by atoms with E-state index in [1.165, 1.54) is 11.1 Å². The van der Waals surface area contributed by atoms with Crippen molar-refractivity contribution in [3.05, 3.63) is 30.0 Å². The molecule has 0 saturated carbocycles. The zero-order chi connectivity index (χ0) is 9.84. The van der Waals surface area contributed by atoms with Crippen LogP contribution in [0.2, 0.25) is 0 Å². The maximum Gasteiger partial charge on any atom is 0.0457 e. The molecule has 2 nitrogen and oxygen atoms in total. The van der Waals surface area contributed by atoms with Crippen molar-refractivity contribution in [1.29, 1.82) is 0 Å². The number of hydrogen-bond donors (Lipinski definition) is 2. The number of nitrogens with one attached hydrogen (secondary N) is 1. The molecule has 2 heteroatoms. The van der Waals surface area contributed by atoms with Gasteiger partial charge in [0.15, 0.2) is 0 Å². The Bertz CT molecular complexity index is 388. The van der Waals surface area contributed by atoms with Crippen molar-refractivity contribution in [3.8, 4) is 0 Å². The molecule has 0 aliphatic rings. The quantitative estimate of drug-likeness (QED) is 0.595. The zero-order valence-electron chi connectivity index (χ0n) is 8.39. The lowest BCUT2D eigenvalue weighted by Crippen LogP contribution is -1.81. The molecule has 1 aromatic heterocycles. The Kier molecular flexibility index (Phi) is 2.96. The van der Waals surface area contributed by atoms with Crippen LogP contribution in [0.15, 0.2) is 24.3 Å². The Balaban J connectivity index is 0.000000396. The van der Waals surface area contributed by atoms with Gasteiger partial charge in [0.25, 0.3) is 0 Å². The topological polar surface area (TPSA) is 41.8 Å². The van der Waals surface area contributed by atoms with E-state index in [2.05, 4.69) is 11.1 Å². The molecule has 0 amide bonds. The van der Waals surface area contributed by atoms with Crippen LogP contribution < -0.4 is 5.73 Å². The third-order valence-electron chi connectivity index (χ3n) is 1.78. The van der Waals surface area contributed by atoms with Crippen LogP contribution in [0.3, 0.4) is 0 Å². The molecule has 0 spiro atoms. The van der Waals surface area contributed by atoms with Gasteiger partial charge in [-0.3, -0.25) is 0 Å². The van der Waals surface area contributed by atoms with E-state index < -0.39 is 0 Å². The fourth-order valence-electron chi connectivity index (χ4n) is 1.30. The Morgan fingerprint density at radius 2 is 1.85 bits per heavy atom. The number of aryl methyl sites for hydroxylation is 1. The van der Waals surface area contributed by atoms with Crippen LogP contribution in [0.4, 0.5) is 5.69 Å². The summed E-state index contributed by atoms with van der Waals surface area (Å²) in [5, 5.41) is 1.18. The first-order chi connectivity index (χ1) is 6.25. The van der Waals surface area contributed by atoms with Crippen molar-refractivity contribution in [1.82, 2.24) is 4.98 Å². The number of rotatable bonds is 0. The van der Waals surface area contributed by atoms with Gasteiger partial charge in [-0.15, -0.1) is 0 Å². The van der Waals surface area contributed by atoms with Crippen molar-refractivity contribution in [2.24, 2.45) is 0 Å². The number of H-pyrrole nitrogens is 1. The lowest BCUT2D eigenvalue weighted by molar-refractivity contribution is 1.30. The first-order valence-electron chi connectivity index (χ1n) is 4.60. The minimum Gasteiger partial charge on any atom is -0.399 e. The van der Waals surface area contributed by atoms with Crippen LogP contribution in [-0.2, 0) is 0 Å². The van der Waals surface area contributed by atoms with Gasteiger partial charge in [-0.1, -0.05) is 13.8 Å². The average Bonchev–Trinajstić information content (AvgIpc) is 2.48. The normalized spacial score (nSPS) is 9.46. The second-order valence-corrected chi connectivity index (χ2v) is 2.80. The molecule has 3 N–H and O–H groups in total. The Morgan fingerprint density at radius 3 is 2.54 bits per heavy atom. The summed E-state index contributed by atoms with van der Waals surface area (Å²) >= 11 is 0. The number of aromatic amines is 1. The maximum atomic E-state index is 5.62. The van der Waals surface area contributed by atoms with Gasteiger partial charge in [0.2, 0.25) is 0 Å². The van der Waals surface area contributed by atoms with Gasteiger partial charge in [0.1, 0.15) is 0 Å². The second kappa shape index (κ2) is 3.99. The van der Waals surface area contributed by atoms with Crippen molar-refractivity contribution in [3.63, 3.8) is 0 Å². The number of benzene rings is 1. The lowest BCUT2D eigenvalue weighted by Gasteiger charge is -1.90. The van der Waals surface area contributed by atoms with Crippen molar-refractivity contribution < 1.29 is 0 Å². The lowest BCUT2D eigenvalue weighted by atomic mass is 10.2. The molecule has 2 aromatic rings. The fraction of sp³-hybridized carbons (Fsp3) is 0.273. The second-order valence-electron chi connectivity index (χ2n) is 2.80. The van der Waals surface area contributed by atoms with E-state index >= 15 is 0 Å². The summed E-state index contributed by atoms with van der Waals surface area (Å²) in [5.41, 5.74) is 8.76. The summed E-state index contributed by atoms with van der Waals surface area (Å²) in [5.74, 6) is 0. The summed E-state index contributed by atoms with van der Waals surface area (Å²) in [4.78, 5) is 3.23. The minimum atomic E-state index is 0.816. The Hall–Kier alpha value is -1.44. The van der Waals surface area contributed by atoms with Crippen LogP contribution in [0.25, 0.3) is 10.9 Å². The SMILES string of the molecule is CC.Cc1cc2cc(N)ccc2[nH]1. The molecular formula is C11H16N2. The fourth-order valence-corrected chi connectivity index (χ4v) is 1.30. The molecule has 13 heavy (non-hydrogen) atoms. The Morgan fingerprint density at radius 1 is 1.15 bits per heavy atom. The zero-order valence-corrected chi connectivity index (χ0v) is 8.39. The highest BCUT2D eigenvalue weighted by Gasteiger charge is 1.95. The van der Waals surface area contributed by atoms with Gasteiger partial charge in [0.05, 0.1) is 0 Å². The van der Waals surface area contributed by atoms with Crippen LogP contribution in [0, 0.1) is 6.92 Å². The van der Waals surface area contributed by atoms with Crippen LogP contribution in [-0.4, -0.2) is 4.98 Å². The first kappa shape index (κ1) is 9.65. The number of hydrogen-bond acceptors (Lipinski definition) is 1. The van der Waals surface area contributed by atoms with E-state index in [4.69, 9.17) is 5.73 Å². The Labute approximate surface area is 78.8 Å². The van der Waals surface area contributed by atoms with Crippen molar-refractivity contribution in [2.75, 3.05) is 5.73 Å². The summed E-state index contributed by atoms with van der Waals surface area (Å²) in [6.45, 7) is 6.04. The molecule has 1 heterocycles. The first-order valence-corrected chi connectivity index (χ1v) is 4.60. The molecular weight excluding hydrogens is 160 g/mol. The number of fused-ring (bicyclic) bond motifs is 1. The standard InChI is InChI=1S/C9H10N2.C2H6/c1-6-4-7-5-8(10)2-3-9(7)11-6;1-2/h2-5,11H,10H2,1H3;1-2H3. The van der Waals surface area contributed by atoms with Crippen molar-refractivity contribution in [2.45, 2.75) is 20.8 Å².